The highest BCUT2D eigenvalue weighted by atomic mass is 19.1. The summed E-state index contributed by atoms with van der Waals surface area (Å²) in [6.07, 6.45) is 0.348. The van der Waals surface area contributed by atoms with E-state index >= 15 is 0 Å². The monoisotopic (exact) mass is 260 g/mol. The summed E-state index contributed by atoms with van der Waals surface area (Å²) in [5, 5.41) is 2.67. The number of primary amides is 1. The van der Waals surface area contributed by atoms with Crippen molar-refractivity contribution in [3.63, 3.8) is 0 Å². The van der Waals surface area contributed by atoms with E-state index in [-0.39, 0.29) is 18.9 Å². The van der Waals surface area contributed by atoms with Gasteiger partial charge in [0.1, 0.15) is 5.60 Å². The van der Waals surface area contributed by atoms with Crippen molar-refractivity contribution < 1.29 is 18.7 Å². The Kier molecular flexibility index (Phi) is 4.19. The van der Waals surface area contributed by atoms with Gasteiger partial charge >= 0.3 is 6.09 Å². The van der Waals surface area contributed by atoms with Crippen LogP contribution in [0, 0.1) is 0 Å². The van der Waals surface area contributed by atoms with Gasteiger partial charge in [-0.2, -0.15) is 0 Å². The van der Waals surface area contributed by atoms with Crippen molar-refractivity contribution in [1.29, 1.82) is 0 Å². The van der Waals surface area contributed by atoms with Gasteiger partial charge in [-0.15, -0.1) is 0 Å². The number of alkyl halides is 1. The van der Waals surface area contributed by atoms with Crippen LogP contribution in [0.5, 0.6) is 0 Å². The molecule has 1 saturated carbocycles. The summed E-state index contributed by atoms with van der Waals surface area (Å²) in [5.41, 5.74) is 2.52. The first-order valence-electron chi connectivity index (χ1n) is 6.11. The number of rotatable bonds is 2. The Morgan fingerprint density at radius 2 is 1.83 bits per heavy atom. The summed E-state index contributed by atoms with van der Waals surface area (Å²) < 4.78 is 19.0. The molecule has 5 nitrogen and oxygen atoms in total. The molecule has 104 valence electrons. The van der Waals surface area contributed by atoms with Gasteiger partial charge in [-0.05, 0) is 46.5 Å². The number of carbonyl (C=O) groups is 2. The fourth-order valence-electron chi connectivity index (χ4n) is 1.94. The average molecular weight is 260 g/mol. The van der Waals surface area contributed by atoms with Gasteiger partial charge in [-0.1, -0.05) is 0 Å². The number of nitrogens with one attached hydrogen (secondary N) is 1. The average Bonchev–Trinajstić information content (AvgIpc) is 2.18. The molecule has 0 radical (unpaired) electrons. The first-order valence-corrected chi connectivity index (χ1v) is 6.11. The van der Waals surface area contributed by atoms with Gasteiger partial charge in [0.05, 0.1) is 0 Å². The number of nitrogens with two attached hydrogens (primary N) is 1. The van der Waals surface area contributed by atoms with Crippen LogP contribution in [0.3, 0.4) is 0 Å². The molecule has 18 heavy (non-hydrogen) atoms. The van der Waals surface area contributed by atoms with Crippen LogP contribution in [0.25, 0.3) is 0 Å². The minimum atomic E-state index is -1.92. The Morgan fingerprint density at radius 1 is 1.33 bits per heavy atom. The molecule has 1 aliphatic carbocycles. The number of hydrogen-bond acceptors (Lipinski definition) is 3. The molecule has 0 aromatic carbocycles. The first-order chi connectivity index (χ1) is 8.12. The van der Waals surface area contributed by atoms with E-state index < -0.39 is 23.3 Å². The molecule has 1 fully saturated rings. The zero-order valence-corrected chi connectivity index (χ0v) is 11.1. The zero-order valence-electron chi connectivity index (χ0n) is 11.1. The Labute approximate surface area is 106 Å². The molecule has 3 N–H and O–H groups in total. The van der Waals surface area contributed by atoms with Gasteiger partial charge in [0.2, 0.25) is 0 Å². The SMILES string of the molecule is CC(C)(C)OC(=O)NC1CCC(F)(C(N)=O)CC1. The number of carbonyl (C=O) groups excluding carboxylic acids is 2. The molecule has 0 unspecified atom stereocenters. The molecule has 0 bridgehead atoms. The highest BCUT2D eigenvalue weighted by Gasteiger charge is 2.41. The maximum absolute atomic E-state index is 13.9. The quantitative estimate of drug-likeness (QED) is 0.792. The van der Waals surface area contributed by atoms with E-state index in [1.165, 1.54) is 0 Å². The topological polar surface area (TPSA) is 81.4 Å². The van der Waals surface area contributed by atoms with Gasteiger partial charge < -0.3 is 15.8 Å². The van der Waals surface area contributed by atoms with Crippen LogP contribution < -0.4 is 11.1 Å². The molecule has 0 heterocycles. The first kappa shape index (κ1) is 14.7. The van der Waals surface area contributed by atoms with Crippen molar-refractivity contribution in [2.45, 2.75) is 63.8 Å². The lowest BCUT2D eigenvalue weighted by Crippen LogP contribution is -2.48. The number of hydrogen-bond donors (Lipinski definition) is 2. The third-order valence-corrected chi connectivity index (χ3v) is 2.94. The number of ether oxygens (including phenoxy) is 1. The second kappa shape index (κ2) is 5.12. The minimum absolute atomic E-state index is 0.0444. The van der Waals surface area contributed by atoms with E-state index in [9.17, 15) is 14.0 Å². The third-order valence-electron chi connectivity index (χ3n) is 2.94. The molecular formula is C12H21FN2O3. The van der Waals surface area contributed by atoms with Gasteiger partial charge in [-0.25, -0.2) is 9.18 Å². The summed E-state index contributed by atoms with van der Waals surface area (Å²) in [7, 11) is 0. The lowest BCUT2D eigenvalue weighted by atomic mass is 9.83. The zero-order chi connectivity index (χ0) is 14.0. The van der Waals surface area contributed by atoms with Crippen molar-refractivity contribution >= 4 is 12.0 Å². The van der Waals surface area contributed by atoms with E-state index in [0.29, 0.717) is 12.8 Å². The van der Waals surface area contributed by atoms with E-state index in [1.54, 1.807) is 20.8 Å². The highest BCUT2D eigenvalue weighted by molar-refractivity contribution is 5.83. The predicted molar refractivity (Wildman–Crippen MR) is 64.7 cm³/mol. The summed E-state index contributed by atoms with van der Waals surface area (Å²) >= 11 is 0. The van der Waals surface area contributed by atoms with Crippen molar-refractivity contribution in [2.75, 3.05) is 0 Å². The molecule has 1 aliphatic rings. The lowest BCUT2D eigenvalue weighted by Gasteiger charge is -2.32. The Morgan fingerprint density at radius 3 is 2.22 bits per heavy atom. The van der Waals surface area contributed by atoms with Crippen LogP contribution in [0.4, 0.5) is 9.18 Å². The molecule has 2 amide bonds. The van der Waals surface area contributed by atoms with E-state index in [0.717, 1.165) is 0 Å². The van der Waals surface area contributed by atoms with Crippen LogP contribution >= 0.6 is 0 Å². The fourth-order valence-corrected chi connectivity index (χ4v) is 1.94. The molecule has 6 heteroatoms. The second-order valence-corrected chi connectivity index (χ2v) is 5.75. The van der Waals surface area contributed by atoms with E-state index in [2.05, 4.69) is 5.32 Å². The summed E-state index contributed by atoms with van der Waals surface area (Å²) in [5.74, 6) is -0.918. The molecular weight excluding hydrogens is 239 g/mol. The normalized spacial score (nSPS) is 28.6. The van der Waals surface area contributed by atoms with E-state index in [4.69, 9.17) is 10.5 Å². The van der Waals surface area contributed by atoms with Gasteiger partial charge in [0.15, 0.2) is 5.67 Å². The summed E-state index contributed by atoms with van der Waals surface area (Å²) in [6.45, 7) is 5.31. The van der Waals surface area contributed by atoms with Crippen molar-refractivity contribution in [3.8, 4) is 0 Å². The summed E-state index contributed by atoms with van der Waals surface area (Å²) in [6, 6.07) is -0.164. The second-order valence-electron chi connectivity index (χ2n) is 5.75. The van der Waals surface area contributed by atoms with Crippen LogP contribution in [-0.4, -0.2) is 29.3 Å². The minimum Gasteiger partial charge on any atom is -0.444 e. The van der Waals surface area contributed by atoms with Crippen LogP contribution in [-0.2, 0) is 9.53 Å². The third kappa shape index (κ3) is 4.16. The number of amides is 2. The smallest absolute Gasteiger partial charge is 0.407 e. The summed E-state index contributed by atoms with van der Waals surface area (Å²) in [4.78, 5) is 22.4. The van der Waals surface area contributed by atoms with E-state index in [1.807, 2.05) is 0 Å². The van der Waals surface area contributed by atoms with Crippen molar-refractivity contribution in [3.05, 3.63) is 0 Å². The molecule has 0 aromatic rings. The van der Waals surface area contributed by atoms with Gasteiger partial charge in [0.25, 0.3) is 5.91 Å². The molecule has 1 rings (SSSR count). The molecule has 0 saturated heterocycles. The van der Waals surface area contributed by atoms with Crippen LogP contribution in [0.2, 0.25) is 0 Å². The highest BCUT2D eigenvalue weighted by Crippen LogP contribution is 2.31. The van der Waals surface area contributed by atoms with Crippen molar-refractivity contribution in [1.82, 2.24) is 5.32 Å². The molecule has 0 spiro atoms. The van der Waals surface area contributed by atoms with Crippen LogP contribution in [0.15, 0.2) is 0 Å². The molecule has 0 atom stereocenters. The molecule has 0 aromatic heterocycles. The maximum Gasteiger partial charge on any atom is 0.407 e. The van der Waals surface area contributed by atoms with Gasteiger partial charge in [0, 0.05) is 6.04 Å². The fraction of sp³-hybridized carbons (Fsp3) is 0.833. The predicted octanol–water partition coefficient (Wildman–Crippen LogP) is 1.65. The van der Waals surface area contributed by atoms with Gasteiger partial charge in [-0.3, -0.25) is 4.79 Å². The lowest BCUT2D eigenvalue weighted by molar-refractivity contribution is -0.131. The Balaban J connectivity index is 2.41. The Bertz CT molecular complexity index is 331. The van der Waals surface area contributed by atoms with Crippen LogP contribution in [0.1, 0.15) is 46.5 Å². The maximum atomic E-state index is 13.9. The standard InChI is InChI=1S/C12H21FN2O3/c1-11(2,3)18-10(17)15-8-4-6-12(13,7-5-8)9(14)16/h8H,4-7H2,1-3H3,(H2,14,16)(H,15,17). The molecule has 0 aliphatic heterocycles. The Hall–Kier alpha value is -1.33. The number of alkyl carbamates (subject to hydrolysis) is 1. The van der Waals surface area contributed by atoms with Crippen molar-refractivity contribution in [2.24, 2.45) is 5.73 Å². The number of halogens is 1. The largest absolute Gasteiger partial charge is 0.444 e.